The van der Waals surface area contributed by atoms with E-state index in [0.29, 0.717) is 6.04 Å². The molecular weight excluding hydrogens is 202 g/mol. The van der Waals surface area contributed by atoms with Gasteiger partial charge in [0.2, 0.25) is 5.91 Å². The molecule has 0 bridgehead atoms. The predicted octanol–water partition coefficient (Wildman–Crippen LogP) is 0.960. The Bertz CT molecular complexity index is 384. The number of aromatic nitrogens is 1. The molecule has 0 saturated heterocycles. The topological polar surface area (TPSA) is 60.1 Å². The Morgan fingerprint density at radius 3 is 3.12 bits per heavy atom. The lowest BCUT2D eigenvalue weighted by atomic mass is 9.91. The van der Waals surface area contributed by atoms with E-state index >= 15 is 0 Å². The standard InChI is InChI=1S/C12H19N3O/c1-2-14-11-5-3-4-9-6-15(7-10(9)11)8-12(13)16/h6-7,11,14H,2-5,8H2,1H3,(H2,13,16). The molecule has 1 aliphatic carbocycles. The summed E-state index contributed by atoms with van der Waals surface area (Å²) in [4.78, 5) is 10.9. The minimum Gasteiger partial charge on any atom is -0.368 e. The van der Waals surface area contributed by atoms with Gasteiger partial charge in [-0.05, 0) is 36.9 Å². The highest BCUT2D eigenvalue weighted by atomic mass is 16.1. The van der Waals surface area contributed by atoms with Gasteiger partial charge in [0.1, 0.15) is 6.54 Å². The fourth-order valence-corrected chi connectivity index (χ4v) is 2.48. The van der Waals surface area contributed by atoms with Crippen molar-refractivity contribution in [2.45, 2.75) is 38.8 Å². The SMILES string of the molecule is CCNC1CCCc2cn(CC(N)=O)cc21. The largest absolute Gasteiger partial charge is 0.368 e. The summed E-state index contributed by atoms with van der Waals surface area (Å²) in [5.74, 6) is -0.285. The van der Waals surface area contributed by atoms with Gasteiger partial charge < -0.3 is 15.6 Å². The lowest BCUT2D eigenvalue weighted by Gasteiger charge is -2.22. The van der Waals surface area contributed by atoms with Crippen LogP contribution in [0, 0.1) is 0 Å². The van der Waals surface area contributed by atoms with Gasteiger partial charge in [-0.1, -0.05) is 6.92 Å². The van der Waals surface area contributed by atoms with E-state index < -0.39 is 0 Å². The van der Waals surface area contributed by atoms with Crippen LogP contribution in [0.5, 0.6) is 0 Å². The van der Waals surface area contributed by atoms with Crippen molar-refractivity contribution in [3.8, 4) is 0 Å². The number of aryl methyl sites for hydroxylation is 1. The maximum absolute atomic E-state index is 10.9. The molecule has 1 aromatic rings. The summed E-state index contributed by atoms with van der Waals surface area (Å²) in [5.41, 5.74) is 7.90. The van der Waals surface area contributed by atoms with Crippen molar-refractivity contribution in [1.82, 2.24) is 9.88 Å². The third-order valence-corrected chi connectivity index (χ3v) is 3.10. The maximum atomic E-state index is 10.9. The molecule has 1 unspecified atom stereocenters. The molecule has 1 heterocycles. The van der Waals surface area contributed by atoms with Crippen LogP contribution in [-0.2, 0) is 17.8 Å². The second-order valence-corrected chi connectivity index (χ2v) is 4.38. The van der Waals surface area contributed by atoms with Crippen molar-refractivity contribution in [1.29, 1.82) is 0 Å². The molecule has 1 atom stereocenters. The summed E-state index contributed by atoms with van der Waals surface area (Å²) in [5, 5.41) is 3.48. The van der Waals surface area contributed by atoms with E-state index in [1.807, 2.05) is 4.57 Å². The van der Waals surface area contributed by atoms with Crippen LogP contribution in [0.25, 0.3) is 0 Å². The minimum atomic E-state index is -0.285. The number of carbonyl (C=O) groups excluding carboxylic acids is 1. The lowest BCUT2D eigenvalue weighted by Crippen LogP contribution is -2.24. The molecule has 0 aliphatic heterocycles. The first kappa shape index (κ1) is 11.2. The summed E-state index contributed by atoms with van der Waals surface area (Å²) in [6.07, 6.45) is 7.63. The van der Waals surface area contributed by atoms with E-state index in [0.717, 1.165) is 13.0 Å². The summed E-state index contributed by atoms with van der Waals surface area (Å²) >= 11 is 0. The fourth-order valence-electron chi connectivity index (χ4n) is 2.48. The van der Waals surface area contributed by atoms with Crippen LogP contribution < -0.4 is 11.1 Å². The normalized spacial score (nSPS) is 19.4. The van der Waals surface area contributed by atoms with Crippen molar-refractivity contribution in [3.63, 3.8) is 0 Å². The molecule has 0 saturated carbocycles. The van der Waals surface area contributed by atoms with Gasteiger partial charge in [-0.15, -0.1) is 0 Å². The van der Waals surface area contributed by atoms with E-state index in [1.165, 1.54) is 24.0 Å². The molecule has 16 heavy (non-hydrogen) atoms. The zero-order chi connectivity index (χ0) is 11.5. The van der Waals surface area contributed by atoms with Crippen molar-refractivity contribution < 1.29 is 4.79 Å². The molecule has 1 amide bonds. The van der Waals surface area contributed by atoms with Gasteiger partial charge in [-0.2, -0.15) is 0 Å². The summed E-state index contributed by atoms with van der Waals surface area (Å²) < 4.78 is 1.91. The Morgan fingerprint density at radius 1 is 1.62 bits per heavy atom. The Kier molecular flexibility index (Phi) is 3.29. The summed E-state index contributed by atoms with van der Waals surface area (Å²) in [6, 6.07) is 0.447. The van der Waals surface area contributed by atoms with E-state index in [2.05, 4.69) is 24.6 Å². The van der Waals surface area contributed by atoms with E-state index in [1.54, 1.807) is 0 Å². The first-order valence-corrected chi connectivity index (χ1v) is 5.91. The fraction of sp³-hybridized carbons (Fsp3) is 0.583. The molecule has 0 aromatic carbocycles. The second-order valence-electron chi connectivity index (χ2n) is 4.38. The van der Waals surface area contributed by atoms with Gasteiger partial charge in [0, 0.05) is 18.4 Å². The third-order valence-electron chi connectivity index (χ3n) is 3.10. The number of amides is 1. The Labute approximate surface area is 95.8 Å². The van der Waals surface area contributed by atoms with Crippen LogP contribution in [-0.4, -0.2) is 17.0 Å². The molecule has 1 aliphatic rings. The quantitative estimate of drug-likeness (QED) is 0.795. The highest BCUT2D eigenvalue weighted by Crippen LogP contribution is 2.30. The summed E-state index contributed by atoms with van der Waals surface area (Å²) in [7, 11) is 0. The number of hydrogen-bond acceptors (Lipinski definition) is 2. The smallest absolute Gasteiger partial charge is 0.237 e. The Balaban J connectivity index is 2.20. The van der Waals surface area contributed by atoms with Gasteiger partial charge in [0.15, 0.2) is 0 Å². The van der Waals surface area contributed by atoms with Crippen molar-refractivity contribution in [2.24, 2.45) is 5.73 Å². The maximum Gasteiger partial charge on any atom is 0.237 e. The monoisotopic (exact) mass is 221 g/mol. The van der Waals surface area contributed by atoms with Crippen LogP contribution in [0.4, 0.5) is 0 Å². The van der Waals surface area contributed by atoms with Crippen LogP contribution in [0.15, 0.2) is 12.4 Å². The molecule has 4 nitrogen and oxygen atoms in total. The number of hydrogen-bond donors (Lipinski definition) is 2. The lowest BCUT2D eigenvalue weighted by molar-refractivity contribution is -0.118. The third kappa shape index (κ3) is 2.27. The molecule has 2 rings (SSSR count). The van der Waals surface area contributed by atoms with Gasteiger partial charge in [0.05, 0.1) is 0 Å². The number of primary amides is 1. The molecular formula is C12H19N3O. The number of nitrogens with zero attached hydrogens (tertiary/aromatic N) is 1. The minimum absolute atomic E-state index is 0.284. The molecule has 0 radical (unpaired) electrons. The molecule has 3 N–H and O–H groups in total. The second kappa shape index (κ2) is 4.70. The Morgan fingerprint density at radius 2 is 2.44 bits per heavy atom. The number of fused-ring (bicyclic) bond motifs is 1. The van der Waals surface area contributed by atoms with E-state index in [9.17, 15) is 4.79 Å². The van der Waals surface area contributed by atoms with Crippen LogP contribution in [0.1, 0.15) is 36.9 Å². The Hall–Kier alpha value is -1.29. The van der Waals surface area contributed by atoms with E-state index in [4.69, 9.17) is 5.73 Å². The van der Waals surface area contributed by atoms with Crippen LogP contribution in [0.3, 0.4) is 0 Å². The summed E-state index contributed by atoms with van der Waals surface area (Å²) in [6.45, 7) is 3.38. The average molecular weight is 221 g/mol. The number of carbonyl (C=O) groups is 1. The molecule has 0 spiro atoms. The number of nitrogens with one attached hydrogen (secondary N) is 1. The molecule has 4 heteroatoms. The van der Waals surface area contributed by atoms with Gasteiger partial charge in [-0.25, -0.2) is 0 Å². The van der Waals surface area contributed by atoms with Gasteiger partial charge in [0.25, 0.3) is 0 Å². The zero-order valence-corrected chi connectivity index (χ0v) is 9.70. The van der Waals surface area contributed by atoms with Crippen molar-refractivity contribution in [2.75, 3.05) is 6.54 Å². The van der Waals surface area contributed by atoms with Crippen LogP contribution >= 0.6 is 0 Å². The zero-order valence-electron chi connectivity index (χ0n) is 9.70. The molecule has 1 aromatic heterocycles. The number of nitrogens with two attached hydrogens (primary N) is 1. The first-order valence-electron chi connectivity index (χ1n) is 5.91. The average Bonchev–Trinajstić information content (AvgIpc) is 2.60. The van der Waals surface area contributed by atoms with Gasteiger partial charge in [-0.3, -0.25) is 4.79 Å². The number of rotatable bonds is 4. The van der Waals surface area contributed by atoms with E-state index in [-0.39, 0.29) is 12.5 Å². The first-order chi connectivity index (χ1) is 7.70. The molecule has 0 fully saturated rings. The molecule has 88 valence electrons. The predicted molar refractivity (Wildman–Crippen MR) is 63.0 cm³/mol. The van der Waals surface area contributed by atoms with Crippen molar-refractivity contribution >= 4 is 5.91 Å². The van der Waals surface area contributed by atoms with Gasteiger partial charge >= 0.3 is 0 Å². The van der Waals surface area contributed by atoms with Crippen LogP contribution in [0.2, 0.25) is 0 Å². The van der Waals surface area contributed by atoms with Crippen molar-refractivity contribution in [3.05, 3.63) is 23.5 Å². The highest BCUT2D eigenvalue weighted by Gasteiger charge is 2.21. The highest BCUT2D eigenvalue weighted by molar-refractivity contribution is 5.73.